The first-order valence-electron chi connectivity index (χ1n) is 8.88. The van der Waals surface area contributed by atoms with Crippen molar-refractivity contribution in [2.75, 3.05) is 25.6 Å². The van der Waals surface area contributed by atoms with Gasteiger partial charge in [-0.05, 0) is 36.8 Å². The number of aliphatic hydroxyl groups excluding tert-OH is 1. The lowest BCUT2D eigenvalue weighted by Crippen LogP contribution is -2.13. The molecule has 0 aliphatic carbocycles. The first-order chi connectivity index (χ1) is 13.6. The van der Waals surface area contributed by atoms with Crippen LogP contribution in [0.4, 0.5) is 10.5 Å². The first-order valence-corrected chi connectivity index (χ1v) is 8.88. The van der Waals surface area contributed by atoms with Gasteiger partial charge in [-0.1, -0.05) is 12.1 Å². The minimum atomic E-state index is -0.519. The van der Waals surface area contributed by atoms with E-state index in [2.05, 4.69) is 11.4 Å². The first kappa shape index (κ1) is 19.3. The van der Waals surface area contributed by atoms with E-state index in [-0.39, 0.29) is 6.61 Å². The second-order valence-corrected chi connectivity index (χ2v) is 6.02. The molecule has 1 aromatic heterocycles. The van der Waals surface area contributed by atoms with Crippen molar-refractivity contribution in [1.82, 2.24) is 4.57 Å². The quantitative estimate of drug-likeness (QED) is 0.680. The molecule has 0 spiro atoms. The highest BCUT2D eigenvalue weighted by atomic mass is 16.5. The van der Waals surface area contributed by atoms with Gasteiger partial charge in [-0.25, -0.2) is 4.79 Å². The molecule has 0 atom stereocenters. The number of rotatable bonds is 6. The van der Waals surface area contributed by atoms with Gasteiger partial charge in [0.25, 0.3) is 0 Å². The fraction of sp³-hybridized carbons (Fsp3) is 0.238. The summed E-state index contributed by atoms with van der Waals surface area (Å²) < 4.78 is 12.1. The monoisotopic (exact) mass is 379 g/mol. The zero-order chi connectivity index (χ0) is 20.1. The number of aromatic nitrogens is 1. The largest absolute Gasteiger partial charge is 0.497 e. The van der Waals surface area contributed by atoms with Gasteiger partial charge in [-0.15, -0.1) is 0 Å². The standard InChI is InChI=1S/C21H21N3O4/c1-3-28-21(26)23-15-6-4-14(5-7-15)20-18(13-22)17-9-8-16(27-2)12-19(17)24(20)10-11-25/h4-9,12,25H,3,10-11H2,1-2H3,(H,23,26). The molecule has 0 saturated carbocycles. The Balaban J connectivity index is 2.10. The van der Waals surface area contributed by atoms with Gasteiger partial charge in [-0.3, -0.25) is 5.32 Å². The van der Waals surface area contributed by atoms with Crippen molar-refractivity contribution in [3.8, 4) is 23.1 Å². The Kier molecular flexibility index (Phi) is 5.82. The summed E-state index contributed by atoms with van der Waals surface area (Å²) in [5.41, 5.74) is 3.44. The normalized spacial score (nSPS) is 10.5. The average Bonchev–Trinajstić information content (AvgIpc) is 3.01. The highest BCUT2D eigenvalue weighted by Crippen LogP contribution is 2.35. The van der Waals surface area contributed by atoms with Crippen LogP contribution >= 0.6 is 0 Å². The van der Waals surface area contributed by atoms with Gasteiger partial charge >= 0.3 is 6.09 Å². The maximum Gasteiger partial charge on any atom is 0.411 e. The van der Waals surface area contributed by atoms with E-state index >= 15 is 0 Å². The number of nitriles is 1. The Morgan fingerprint density at radius 1 is 1.25 bits per heavy atom. The van der Waals surface area contributed by atoms with Crippen molar-refractivity contribution in [2.24, 2.45) is 0 Å². The molecule has 144 valence electrons. The third-order valence-electron chi connectivity index (χ3n) is 4.39. The Labute approximate surface area is 162 Å². The summed E-state index contributed by atoms with van der Waals surface area (Å²) >= 11 is 0. The summed E-state index contributed by atoms with van der Waals surface area (Å²) in [6, 6.07) is 14.9. The lowest BCUT2D eigenvalue weighted by atomic mass is 10.1. The van der Waals surface area contributed by atoms with Crippen LogP contribution in [0.2, 0.25) is 0 Å². The Morgan fingerprint density at radius 2 is 2.00 bits per heavy atom. The molecule has 0 saturated heterocycles. The predicted octanol–water partition coefficient (Wildman–Crippen LogP) is 3.75. The molecule has 7 nitrogen and oxygen atoms in total. The number of carbonyl (C=O) groups is 1. The molecule has 3 rings (SSSR count). The van der Waals surface area contributed by atoms with Crippen LogP contribution in [-0.2, 0) is 11.3 Å². The van der Waals surface area contributed by atoms with Crippen molar-refractivity contribution in [1.29, 1.82) is 5.26 Å². The highest BCUT2D eigenvalue weighted by Gasteiger charge is 2.19. The van der Waals surface area contributed by atoms with Crippen molar-refractivity contribution >= 4 is 22.7 Å². The van der Waals surface area contributed by atoms with Gasteiger partial charge in [0.2, 0.25) is 0 Å². The highest BCUT2D eigenvalue weighted by molar-refractivity contribution is 5.95. The maximum atomic E-state index is 11.6. The van der Waals surface area contributed by atoms with E-state index in [0.29, 0.717) is 35.8 Å². The summed E-state index contributed by atoms with van der Waals surface area (Å²) in [6.07, 6.45) is -0.519. The molecule has 0 aliphatic rings. The molecule has 3 aromatic rings. The number of fused-ring (bicyclic) bond motifs is 1. The summed E-state index contributed by atoms with van der Waals surface area (Å²) in [5.74, 6) is 0.675. The third kappa shape index (κ3) is 3.63. The number of anilines is 1. The Morgan fingerprint density at radius 3 is 2.61 bits per heavy atom. The molecule has 2 N–H and O–H groups in total. The number of carbonyl (C=O) groups excluding carboxylic acids is 1. The Hall–Kier alpha value is -3.50. The van der Waals surface area contributed by atoms with Gasteiger partial charge in [-0.2, -0.15) is 5.26 Å². The summed E-state index contributed by atoms with van der Waals surface area (Å²) in [6.45, 7) is 2.30. The minimum absolute atomic E-state index is 0.0681. The van der Waals surface area contributed by atoms with Crippen molar-refractivity contribution in [2.45, 2.75) is 13.5 Å². The fourth-order valence-electron chi connectivity index (χ4n) is 3.20. The molecule has 7 heteroatoms. The average molecular weight is 379 g/mol. The molecule has 0 aliphatic heterocycles. The van der Waals surface area contributed by atoms with Crippen LogP contribution in [0.1, 0.15) is 12.5 Å². The number of nitrogens with zero attached hydrogens (tertiary/aromatic N) is 2. The number of benzene rings is 2. The number of methoxy groups -OCH3 is 1. The van der Waals surface area contributed by atoms with Gasteiger partial charge in [0.15, 0.2) is 0 Å². The van der Waals surface area contributed by atoms with E-state index in [4.69, 9.17) is 9.47 Å². The van der Waals surface area contributed by atoms with Gasteiger partial charge in [0.05, 0.1) is 37.1 Å². The van der Waals surface area contributed by atoms with Crippen LogP contribution < -0.4 is 10.1 Å². The van der Waals surface area contributed by atoms with Crippen molar-refractivity contribution in [3.63, 3.8) is 0 Å². The molecule has 0 radical (unpaired) electrons. The van der Waals surface area contributed by atoms with Crippen LogP contribution in [0.5, 0.6) is 5.75 Å². The molecule has 0 unspecified atom stereocenters. The lowest BCUT2D eigenvalue weighted by Gasteiger charge is -2.11. The van der Waals surface area contributed by atoms with Crippen LogP contribution in [0.3, 0.4) is 0 Å². The number of nitrogens with one attached hydrogen (secondary N) is 1. The van der Waals surface area contributed by atoms with E-state index in [1.807, 2.05) is 34.9 Å². The maximum absolute atomic E-state index is 11.6. The van der Waals surface area contributed by atoms with Crippen LogP contribution in [-0.4, -0.2) is 36.1 Å². The minimum Gasteiger partial charge on any atom is -0.497 e. The van der Waals surface area contributed by atoms with Crippen molar-refractivity contribution < 1.29 is 19.4 Å². The van der Waals surface area contributed by atoms with Gasteiger partial charge < -0.3 is 19.1 Å². The molecule has 1 heterocycles. The second kappa shape index (κ2) is 8.46. The lowest BCUT2D eigenvalue weighted by molar-refractivity contribution is 0.168. The van der Waals surface area contributed by atoms with E-state index in [1.165, 1.54) is 0 Å². The molecule has 1 amide bonds. The molecular weight excluding hydrogens is 358 g/mol. The second-order valence-electron chi connectivity index (χ2n) is 6.02. The smallest absolute Gasteiger partial charge is 0.411 e. The van der Waals surface area contributed by atoms with E-state index in [0.717, 1.165) is 16.5 Å². The zero-order valence-electron chi connectivity index (χ0n) is 15.7. The van der Waals surface area contributed by atoms with Crippen LogP contribution in [0.15, 0.2) is 42.5 Å². The zero-order valence-corrected chi connectivity index (χ0v) is 15.7. The number of amides is 1. The van der Waals surface area contributed by atoms with Gasteiger partial charge in [0.1, 0.15) is 11.8 Å². The number of hydrogen-bond acceptors (Lipinski definition) is 5. The topological polar surface area (TPSA) is 96.5 Å². The molecule has 28 heavy (non-hydrogen) atoms. The number of hydrogen-bond donors (Lipinski definition) is 2. The fourth-order valence-corrected chi connectivity index (χ4v) is 3.20. The number of aliphatic hydroxyl groups is 1. The van der Waals surface area contributed by atoms with E-state index < -0.39 is 6.09 Å². The summed E-state index contributed by atoms with van der Waals surface area (Å²) in [7, 11) is 1.59. The SMILES string of the molecule is CCOC(=O)Nc1ccc(-c2c(C#N)c3ccc(OC)cc3n2CCO)cc1. The molecule has 0 bridgehead atoms. The van der Waals surface area contributed by atoms with Crippen LogP contribution in [0.25, 0.3) is 22.2 Å². The van der Waals surface area contributed by atoms with E-state index in [1.54, 1.807) is 26.2 Å². The molecule has 2 aromatic carbocycles. The number of ether oxygens (including phenoxy) is 2. The van der Waals surface area contributed by atoms with Gasteiger partial charge in [0, 0.05) is 23.7 Å². The predicted molar refractivity (Wildman–Crippen MR) is 106 cm³/mol. The summed E-state index contributed by atoms with van der Waals surface area (Å²) in [4.78, 5) is 11.6. The molecule has 0 fully saturated rings. The van der Waals surface area contributed by atoms with E-state index in [9.17, 15) is 15.2 Å². The third-order valence-corrected chi connectivity index (χ3v) is 4.39. The molecular formula is C21H21N3O4. The Bertz CT molecular complexity index is 1030. The summed E-state index contributed by atoms with van der Waals surface area (Å²) in [5, 5.41) is 22.8. The van der Waals surface area contributed by atoms with Crippen molar-refractivity contribution in [3.05, 3.63) is 48.0 Å². The van der Waals surface area contributed by atoms with Crippen LogP contribution in [0, 0.1) is 11.3 Å².